The smallest absolute Gasteiger partial charge is 0.0612 e. The molecule has 1 aliphatic carbocycles. The zero-order chi connectivity index (χ0) is 13.3. The molecule has 0 spiro atoms. The minimum atomic E-state index is 0.141. The number of thioether (sulfide) groups is 1. The summed E-state index contributed by atoms with van der Waals surface area (Å²) in [6.07, 6.45) is 12.5. The third kappa shape index (κ3) is 4.88. The first-order valence-corrected chi connectivity index (χ1v) is 7.94. The Bertz CT molecular complexity index is 422. The third-order valence-corrected chi connectivity index (χ3v) is 4.71. The van der Waals surface area contributed by atoms with Crippen molar-refractivity contribution in [2.75, 3.05) is 6.61 Å². The molecule has 0 heterocycles. The standard InChI is InChI=1S/C17H22OS/c18-14-8-7-13-17(15-9-3-1-4-10-15)19-16-11-5-2-6-12-16/h2,5-9,11-12,17-18H,1,3-4,10,13-14H2/b8-7+. The highest BCUT2D eigenvalue weighted by Crippen LogP contribution is 2.34. The summed E-state index contributed by atoms with van der Waals surface area (Å²) in [5, 5.41) is 9.39. The summed E-state index contributed by atoms with van der Waals surface area (Å²) in [5.41, 5.74) is 1.59. The zero-order valence-electron chi connectivity index (χ0n) is 11.3. The molecular formula is C17H22OS. The second-order valence-corrected chi connectivity index (χ2v) is 6.11. The predicted octanol–water partition coefficient (Wildman–Crippen LogP) is 4.59. The summed E-state index contributed by atoms with van der Waals surface area (Å²) in [5.74, 6) is 0. The maximum absolute atomic E-state index is 8.87. The molecule has 0 aromatic heterocycles. The quantitative estimate of drug-likeness (QED) is 0.605. The van der Waals surface area contributed by atoms with Crippen molar-refractivity contribution in [2.24, 2.45) is 0 Å². The lowest BCUT2D eigenvalue weighted by Crippen LogP contribution is -2.08. The van der Waals surface area contributed by atoms with Crippen LogP contribution in [0.5, 0.6) is 0 Å². The van der Waals surface area contributed by atoms with Crippen molar-refractivity contribution in [1.82, 2.24) is 0 Å². The molecule has 0 amide bonds. The van der Waals surface area contributed by atoms with Crippen LogP contribution in [-0.2, 0) is 0 Å². The van der Waals surface area contributed by atoms with E-state index < -0.39 is 0 Å². The van der Waals surface area contributed by atoms with Gasteiger partial charge in [-0.2, -0.15) is 0 Å². The molecule has 0 saturated heterocycles. The highest BCUT2D eigenvalue weighted by molar-refractivity contribution is 8.00. The molecule has 1 aromatic rings. The summed E-state index contributed by atoms with van der Waals surface area (Å²) in [7, 11) is 0. The molecule has 102 valence electrons. The molecular weight excluding hydrogens is 252 g/mol. The molecule has 1 aliphatic rings. The molecule has 0 aliphatic heterocycles. The van der Waals surface area contributed by atoms with Crippen molar-refractivity contribution in [1.29, 1.82) is 0 Å². The number of aliphatic hydroxyl groups is 1. The summed E-state index contributed by atoms with van der Waals surface area (Å²) >= 11 is 1.94. The van der Waals surface area contributed by atoms with E-state index in [1.54, 1.807) is 5.57 Å². The molecule has 1 N–H and O–H groups in total. The topological polar surface area (TPSA) is 20.2 Å². The lowest BCUT2D eigenvalue weighted by molar-refractivity contribution is 0.342. The van der Waals surface area contributed by atoms with Gasteiger partial charge in [-0.15, -0.1) is 11.8 Å². The fourth-order valence-electron chi connectivity index (χ4n) is 2.39. The normalized spacial score (nSPS) is 17.4. The first kappa shape index (κ1) is 14.4. The van der Waals surface area contributed by atoms with E-state index in [0.29, 0.717) is 5.25 Å². The molecule has 19 heavy (non-hydrogen) atoms. The van der Waals surface area contributed by atoms with Gasteiger partial charge in [-0.25, -0.2) is 0 Å². The molecule has 1 unspecified atom stereocenters. The maximum Gasteiger partial charge on any atom is 0.0612 e. The molecule has 2 heteroatoms. The fourth-order valence-corrected chi connectivity index (χ4v) is 3.60. The molecule has 1 nitrogen and oxygen atoms in total. The van der Waals surface area contributed by atoms with Gasteiger partial charge in [-0.1, -0.05) is 42.0 Å². The predicted molar refractivity (Wildman–Crippen MR) is 83.5 cm³/mol. The molecule has 0 radical (unpaired) electrons. The monoisotopic (exact) mass is 274 g/mol. The van der Waals surface area contributed by atoms with Gasteiger partial charge in [0, 0.05) is 10.1 Å². The van der Waals surface area contributed by atoms with Crippen LogP contribution in [0.3, 0.4) is 0 Å². The maximum atomic E-state index is 8.87. The Morgan fingerprint density at radius 2 is 2.00 bits per heavy atom. The summed E-state index contributed by atoms with van der Waals surface area (Å²) in [6, 6.07) is 10.6. The van der Waals surface area contributed by atoms with Gasteiger partial charge in [0.05, 0.1) is 6.61 Å². The van der Waals surface area contributed by atoms with E-state index in [9.17, 15) is 0 Å². The number of rotatable bonds is 6. The number of allylic oxidation sites excluding steroid dienone is 2. The minimum absolute atomic E-state index is 0.141. The molecule has 1 atom stereocenters. The van der Waals surface area contributed by atoms with Crippen LogP contribution in [0, 0.1) is 0 Å². The Morgan fingerprint density at radius 1 is 1.16 bits per heavy atom. The van der Waals surface area contributed by atoms with E-state index in [1.165, 1.54) is 30.6 Å². The molecule has 0 bridgehead atoms. The minimum Gasteiger partial charge on any atom is -0.392 e. The summed E-state index contributed by atoms with van der Waals surface area (Å²) in [4.78, 5) is 1.33. The molecule has 2 rings (SSSR count). The van der Waals surface area contributed by atoms with Crippen LogP contribution in [-0.4, -0.2) is 17.0 Å². The highest BCUT2D eigenvalue weighted by atomic mass is 32.2. The summed E-state index contributed by atoms with van der Waals surface area (Å²) in [6.45, 7) is 0.141. The highest BCUT2D eigenvalue weighted by Gasteiger charge is 2.16. The Labute approximate surface area is 120 Å². The van der Waals surface area contributed by atoms with Crippen LogP contribution in [0.2, 0.25) is 0 Å². The van der Waals surface area contributed by atoms with Gasteiger partial charge in [0.25, 0.3) is 0 Å². The molecule has 0 fully saturated rings. The van der Waals surface area contributed by atoms with Crippen LogP contribution in [0.1, 0.15) is 32.1 Å². The van der Waals surface area contributed by atoms with Crippen molar-refractivity contribution in [2.45, 2.75) is 42.2 Å². The van der Waals surface area contributed by atoms with Crippen LogP contribution < -0.4 is 0 Å². The molecule has 0 saturated carbocycles. The van der Waals surface area contributed by atoms with E-state index >= 15 is 0 Å². The van der Waals surface area contributed by atoms with Gasteiger partial charge in [-0.05, 0) is 44.2 Å². The van der Waals surface area contributed by atoms with Crippen molar-refractivity contribution < 1.29 is 5.11 Å². The van der Waals surface area contributed by atoms with Gasteiger partial charge >= 0.3 is 0 Å². The Morgan fingerprint density at radius 3 is 2.68 bits per heavy atom. The largest absolute Gasteiger partial charge is 0.392 e. The van der Waals surface area contributed by atoms with Crippen molar-refractivity contribution in [3.8, 4) is 0 Å². The van der Waals surface area contributed by atoms with E-state index in [1.807, 2.05) is 17.8 Å². The van der Waals surface area contributed by atoms with Crippen molar-refractivity contribution in [3.05, 3.63) is 54.1 Å². The second-order valence-electron chi connectivity index (χ2n) is 4.83. The van der Waals surface area contributed by atoms with Crippen LogP contribution in [0.15, 0.2) is 59.0 Å². The Hall–Kier alpha value is -0.990. The average molecular weight is 274 g/mol. The van der Waals surface area contributed by atoms with Gasteiger partial charge in [-0.3, -0.25) is 0 Å². The SMILES string of the molecule is OC/C=C/CC(Sc1ccccc1)C1=CCCCC1. The fraction of sp³-hybridized carbons (Fsp3) is 0.412. The van der Waals surface area contributed by atoms with Crippen LogP contribution in [0.4, 0.5) is 0 Å². The van der Waals surface area contributed by atoms with Gasteiger partial charge in [0.1, 0.15) is 0 Å². The Kier molecular flexibility index (Phi) is 6.25. The first-order chi connectivity index (χ1) is 9.40. The Balaban J connectivity index is 2.05. The van der Waals surface area contributed by atoms with Crippen molar-refractivity contribution in [3.63, 3.8) is 0 Å². The lowest BCUT2D eigenvalue weighted by Gasteiger charge is -2.22. The number of hydrogen-bond acceptors (Lipinski definition) is 2. The van der Waals surface area contributed by atoms with Crippen LogP contribution >= 0.6 is 11.8 Å². The lowest BCUT2D eigenvalue weighted by atomic mass is 9.95. The summed E-state index contributed by atoms with van der Waals surface area (Å²) < 4.78 is 0. The van der Waals surface area contributed by atoms with E-state index in [4.69, 9.17) is 5.11 Å². The van der Waals surface area contributed by atoms with E-state index in [2.05, 4.69) is 42.5 Å². The third-order valence-electron chi connectivity index (χ3n) is 3.38. The second kappa shape index (κ2) is 8.23. The van der Waals surface area contributed by atoms with E-state index in [-0.39, 0.29) is 6.61 Å². The van der Waals surface area contributed by atoms with E-state index in [0.717, 1.165) is 6.42 Å². The number of hydrogen-bond donors (Lipinski definition) is 1. The van der Waals surface area contributed by atoms with Crippen LogP contribution in [0.25, 0.3) is 0 Å². The number of benzene rings is 1. The van der Waals surface area contributed by atoms with Gasteiger partial charge in [0.2, 0.25) is 0 Å². The molecule has 1 aromatic carbocycles. The number of aliphatic hydroxyl groups excluding tert-OH is 1. The first-order valence-electron chi connectivity index (χ1n) is 7.06. The average Bonchev–Trinajstić information content (AvgIpc) is 2.48. The van der Waals surface area contributed by atoms with Gasteiger partial charge in [0.15, 0.2) is 0 Å². The van der Waals surface area contributed by atoms with Crippen molar-refractivity contribution >= 4 is 11.8 Å². The van der Waals surface area contributed by atoms with Gasteiger partial charge < -0.3 is 5.11 Å². The zero-order valence-corrected chi connectivity index (χ0v) is 12.1.